The van der Waals surface area contributed by atoms with Gasteiger partial charge in [-0.05, 0) is 35.3 Å². The first-order chi connectivity index (χ1) is 7.09. The van der Waals surface area contributed by atoms with E-state index < -0.39 is 0 Å². The summed E-state index contributed by atoms with van der Waals surface area (Å²) in [5.41, 5.74) is 0.448. The number of rotatable bonds is 1. The van der Waals surface area contributed by atoms with Crippen molar-refractivity contribution in [3.8, 4) is 0 Å². The number of aromatic amines is 1. The van der Waals surface area contributed by atoms with E-state index >= 15 is 0 Å². The molecule has 1 fully saturated rings. The van der Waals surface area contributed by atoms with Crippen LogP contribution in [-0.2, 0) is 4.79 Å². The number of hydrogen-bond acceptors (Lipinski definition) is 2. The van der Waals surface area contributed by atoms with Gasteiger partial charge in [-0.1, -0.05) is 0 Å². The molecule has 0 spiro atoms. The zero-order valence-electron chi connectivity index (χ0n) is 8.29. The second kappa shape index (κ2) is 3.81. The summed E-state index contributed by atoms with van der Waals surface area (Å²) in [4.78, 5) is 27.6. The van der Waals surface area contributed by atoms with E-state index in [0.717, 1.165) is 10.9 Å². The Balaban J connectivity index is 2.24. The highest BCUT2D eigenvalue weighted by Gasteiger charge is 2.33. The Kier molecular flexibility index (Phi) is 2.65. The van der Waals surface area contributed by atoms with Crippen LogP contribution in [0.1, 0.15) is 30.3 Å². The third-order valence-electron chi connectivity index (χ3n) is 2.58. The van der Waals surface area contributed by atoms with Crippen molar-refractivity contribution in [2.24, 2.45) is 0 Å². The standard InChI is InChI=1S/C10H11BrN2O2/c1-6-2-3-9(14)13(6)10(15)8-4-7(11)5-12-8/h4-6,12H,2-3H2,1H3. The van der Waals surface area contributed by atoms with E-state index in [2.05, 4.69) is 20.9 Å². The molecule has 1 aromatic heterocycles. The number of nitrogens with one attached hydrogen (secondary N) is 1. The van der Waals surface area contributed by atoms with Crippen LogP contribution in [0.2, 0.25) is 0 Å². The first-order valence-electron chi connectivity index (χ1n) is 4.80. The monoisotopic (exact) mass is 270 g/mol. The van der Waals surface area contributed by atoms with Crippen molar-refractivity contribution in [3.05, 3.63) is 22.4 Å². The van der Waals surface area contributed by atoms with Crippen molar-refractivity contribution >= 4 is 27.7 Å². The largest absolute Gasteiger partial charge is 0.356 e. The van der Waals surface area contributed by atoms with Crippen molar-refractivity contribution in [2.45, 2.75) is 25.8 Å². The number of amides is 2. The molecule has 1 saturated heterocycles. The van der Waals surface area contributed by atoms with Gasteiger partial charge in [0.05, 0.1) is 0 Å². The third-order valence-corrected chi connectivity index (χ3v) is 3.04. The van der Waals surface area contributed by atoms with Gasteiger partial charge in [0, 0.05) is 23.1 Å². The summed E-state index contributed by atoms with van der Waals surface area (Å²) in [5, 5.41) is 0. The lowest BCUT2D eigenvalue weighted by Crippen LogP contribution is -2.37. The van der Waals surface area contributed by atoms with Crippen LogP contribution in [0.3, 0.4) is 0 Å². The van der Waals surface area contributed by atoms with E-state index in [1.54, 1.807) is 12.3 Å². The van der Waals surface area contributed by atoms with Gasteiger partial charge in [-0.25, -0.2) is 0 Å². The summed E-state index contributed by atoms with van der Waals surface area (Å²) < 4.78 is 0.810. The lowest BCUT2D eigenvalue weighted by atomic mass is 10.2. The zero-order chi connectivity index (χ0) is 11.0. The van der Waals surface area contributed by atoms with Crippen molar-refractivity contribution < 1.29 is 9.59 Å². The van der Waals surface area contributed by atoms with Crippen molar-refractivity contribution in [1.82, 2.24) is 9.88 Å². The molecule has 0 saturated carbocycles. The van der Waals surface area contributed by atoms with Crippen LogP contribution >= 0.6 is 15.9 Å². The molecule has 2 rings (SSSR count). The Morgan fingerprint density at radius 1 is 1.67 bits per heavy atom. The van der Waals surface area contributed by atoms with Crippen LogP contribution in [-0.4, -0.2) is 27.7 Å². The number of imide groups is 1. The maximum atomic E-state index is 11.9. The molecule has 5 heteroatoms. The summed E-state index contributed by atoms with van der Waals surface area (Å²) in [6, 6.07) is 1.69. The maximum Gasteiger partial charge on any atom is 0.277 e. The molecule has 80 valence electrons. The Morgan fingerprint density at radius 2 is 2.40 bits per heavy atom. The highest BCUT2D eigenvalue weighted by atomic mass is 79.9. The van der Waals surface area contributed by atoms with Gasteiger partial charge in [0.25, 0.3) is 5.91 Å². The second-order valence-electron chi connectivity index (χ2n) is 3.69. The van der Waals surface area contributed by atoms with Gasteiger partial charge in [-0.2, -0.15) is 0 Å². The minimum absolute atomic E-state index is 0.00655. The third kappa shape index (κ3) is 1.84. The quantitative estimate of drug-likeness (QED) is 0.793. The van der Waals surface area contributed by atoms with Gasteiger partial charge in [-0.3, -0.25) is 14.5 Å². The van der Waals surface area contributed by atoms with Crippen LogP contribution < -0.4 is 0 Å². The van der Waals surface area contributed by atoms with Gasteiger partial charge in [0.1, 0.15) is 5.69 Å². The van der Waals surface area contributed by atoms with Crippen LogP contribution in [0.25, 0.3) is 0 Å². The Morgan fingerprint density at radius 3 is 2.87 bits per heavy atom. The fraction of sp³-hybridized carbons (Fsp3) is 0.400. The number of nitrogens with zero attached hydrogens (tertiary/aromatic N) is 1. The summed E-state index contributed by atoms with van der Waals surface area (Å²) in [5.74, 6) is -0.325. The molecule has 1 unspecified atom stereocenters. The number of hydrogen-bond donors (Lipinski definition) is 1. The van der Waals surface area contributed by atoms with E-state index in [1.807, 2.05) is 6.92 Å². The van der Waals surface area contributed by atoms with E-state index in [9.17, 15) is 9.59 Å². The molecule has 2 amide bonds. The fourth-order valence-corrected chi connectivity index (χ4v) is 2.11. The molecule has 15 heavy (non-hydrogen) atoms. The van der Waals surface area contributed by atoms with Crippen LogP contribution in [0.5, 0.6) is 0 Å². The second-order valence-corrected chi connectivity index (χ2v) is 4.60. The highest BCUT2D eigenvalue weighted by Crippen LogP contribution is 2.21. The molecule has 0 aliphatic carbocycles. The molecule has 0 aromatic carbocycles. The SMILES string of the molecule is CC1CCC(=O)N1C(=O)c1cc(Br)c[nH]1. The summed E-state index contributed by atoms with van der Waals surface area (Å²) in [7, 11) is 0. The highest BCUT2D eigenvalue weighted by molar-refractivity contribution is 9.10. The molecule has 0 bridgehead atoms. The molecule has 1 atom stereocenters. The number of carbonyl (C=O) groups is 2. The molecule has 1 aromatic rings. The lowest BCUT2D eigenvalue weighted by Gasteiger charge is -2.18. The van der Waals surface area contributed by atoms with E-state index in [-0.39, 0.29) is 17.9 Å². The molecule has 2 heterocycles. The number of aromatic nitrogens is 1. The van der Waals surface area contributed by atoms with Crippen LogP contribution in [0.15, 0.2) is 16.7 Å². The Hall–Kier alpha value is -1.10. The predicted octanol–water partition coefficient (Wildman–Crippen LogP) is 1.93. The Labute approximate surface area is 95.8 Å². The molecule has 1 N–H and O–H groups in total. The van der Waals surface area contributed by atoms with Crippen molar-refractivity contribution in [2.75, 3.05) is 0 Å². The normalized spacial score (nSPS) is 21.1. The van der Waals surface area contributed by atoms with E-state index in [0.29, 0.717) is 12.1 Å². The molecule has 1 aliphatic heterocycles. The average molecular weight is 271 g/mol. The fourth-order valence-electron chi connectivity index (χ4n) is 1.76. The van der Waals surface area contributed by atoms with Crippen LogP contribution in [0, 0.1) is 0 Å². The van der Waals surface area contributed by atoms with Crippen molar-refractivity contribution in [1.29, 1.82) is 0 Å². The number of H-pyrrole nitrogens is 1. The molecule has 1 aliphatic rings. The summed E-state index contributed by atoms with van der Waals surface area (Å²) >= 11 is 3.25. The molecular weight excluding hydrogens is 260 g/mol. The van der Waals surface area contributed by atoms with Gasteiger partial charge in [-0.15, -0.1) is 0 Å². The smallest absolute Gasteiger partial charge is 0.277 e. The molecular formula is C10H11BrN2O2. The maximum absolute atomic E-state index is 11.9. The molecule has 0 radical (unpaired) electrons. The first kappa shape index (κ1) is 10.4. The van der Waals surface area contributed by atoms with Crippen LogP contribution in [0.4, 0.5) is 0 Å². The number of likely N-dealkylation sites (tertiary alicyclic amines) is 1. The van der Waals surface area contributed by atoms with E-state index in [1.165, 1.54) is 4.90 Å². The van der Waals surface area contributed by atoms with Gasteiger partial charge in [0.2, 0.25) is 5.91 Å². The zero-order valence-corrected chi connectivity index (χ0v) is 9.87. The number of carbonyl (C=O) groups excluding carboxylic acids is 2. The minimum Gasteiger partial charge on any atom is -0.356 e. The van der Waals surface area contributed by atoms with Gasteiger partial charge < -0.3 is 4.98 Å². The van der Waals surface area contributed by atoms with E-state index in [4.69, 9.17) is 0 Å². The number of halogens is 1. The summed E-state index contributed by atoms with van der Waals surface area (Å²) in [6.45, 7) is 1.89. The van der Waals surface area contributed by atoms with Gasteiger partial charge >= 0.3 is 0 Å². The average Bonchev–Trinajstić information content (AvgIpc) is 2.73. The minimum atomic E-state index is -0.240. The first-order valence-corrected chi connectivity index (χ1v) is 5.59. The van der Waals surface area contributed by atoms with Gasteiger partial charge in [0.15, 0.2) is 0 Å². The topological polar surface area (TPSA) is 53.2 Å². The van der Waals surface area contributed by atoms with Crippen molar-refractivity contribution in [3.63, 3.8) is 0 Å². The molecule has 4 nitrogen and oxygen atoms in total. The Bertz CT molecular complexity index is 413. The predicted molar refractivity (Wildman–Crippen MR) is 58.4 cm³/mol. The summed E-state index contributed by atoms with van der Waals surface area (Å²) in [6.07, 6.45) is 2.90. The lowest BCUT2D eigenvalue weighted by molar-refractivity contribution is -0.126.